The molecule has 1 saturated carbocycles. The predicted octanol–water partition coefficient (Wildman–Crippen LogP) is 7.25. The van der Waals surface area contributed by atoms with E-state index in [0.29, 0.717) is 5.92 Å². The van der Waals surface area contributed by atoms with Gasteiger partial charge in [0.2, 0.25) is 0 Å². The molecule has 0 nitrogen and oxygen atoms in total. The molecule has 0 amide bonds. The summed E-state index contributed by atoms with van der Waals surface area (Å²) in [6.45, 7) is 20.6. The summed E-state index contributed by atoms with van der Waals surface area (Å²) in [5, 5.41) is 0. The molecule has 0 radical (unpaired) electrons. The highest BCUT2D eigenvalue weighted by Crippen LogP contribution is 2.26. The summed E-state index contributed by atoms with van der Waals surface area (Å²) < 4.78 is 0. The summed E-state index contributed by atoms with van der Waals surface area (Å²) in [7, 11) is 0. The maximum absolute atomic E-state index is 3.83. The minimum atomic E-state index is 0.708. The van der Waals surface area contributed by atoms with Gasteiger partial charge in [-0.25, -0.2) is 0 Å². The first-order chi connectivity index (χ1) is 8.61. The molecule has 0 N–H and O–H groups in total. The van der Waals surface area contributed by atoms with Gasteiger partial charge in [-0.05, 0) is 25.2 Å². The van der Waals surface area contributed by atoms with Crippen LogP contribution in [-0.2, 0) is 0 Å². The van der Waals surface area contributed by atoms with Crippen LogP contribution in [0.15, 0.2) is 12.2 Å². The Hall–Kier alpha value is -0.260. The van der Waals surface area contributed by atoms with Crippen molar-refractivity contribution in [3.8, 4) is 0 Å². The number of hydrogen-bond acceptors (Lipinski definition) is 0. The summed E-state index contributed by atoms with van der Waals surface area (Å²) in [6, 6.07) is 0. The van der Waals surface area contributed by atoms with Crippen LogP contribution in [-0.4, -0.2) is 0 Å². The molecule has 0 bridgehead atoms. The summed E-state index contributed by atoms with van der Waals surface area (Å²) >= 11 is 0. The summed E-state index contributed by atoms with van der Waals surface area (Å²) in [4.78, 5) is 0. The Morgan fingerprint density at radius 3 is 1.56 bits per heavy atom. The maximum atomic E-state index is 3.83. The largest absolute Gasteiger partial charge is 0.0999 e. The monoisotopic (exact) mass is 256 g/mol. The molecule has 1 aliphatic rings. The molecule has 0 aromatic heterocycles. The second-order valence-electron chi connectivity index (χ2n) is 4.71. The van der Waals surface area contributed by atoms with Gasteiger partial charge in [0, 0.05) is 0 Å². The van der Waals surface area contributed by atoms with Gasteiger partial charge in [0.05, 0.1) is 0 Å². The topological polar surface area (TPSA) is 0 Å². The number of allylic oxidation sites excluding steroid dienone is 1. The standard InChI is InChI=1S/2C7H14.2C2H6/c1-2-7-5-3-4-6-7;1-5-7(4)6(2)3;2*1-2/h7H,2-6H2,1H3;7H,2,5H2,1,3-4H3;2*1-2H3. The van der Waals surface area contributed by atoms with Crippen LogP contribution in [0, 0.1) is 11.8 Å². The maximum Gasteiger partial charge on any atom is -0.0240 e. The molecule has 112 valence electrons. The molecule has 0 aromatic carbocycles. The lowest BCUT2D eigenvalue weighted by atomic mass is 10.0. The van der Waals surface area contributed by atoms with E-state index in [9.17, 15) is 0 Å². The average molecular weight is 257 g/mol. The SMILES string of the molecule is C=C(C)C(C)CC.CC.CC.CCC1CCCC1. The Morgan fingerprint density at radius 1 is 1.06 bits per heavy atom. The van der Waals surface area contributed by atoms with Crippen LogP contribution in [0.5, 0.6) is 0 Å². The molecule has 0 aromatic rings. The Labute approximate surface area is 118 Å². The molecule has 1 fully saturated rings. The van der Waals surface area contributed by atoms with E-state index >= 15 is 0 Å². The second-order valence-corrected chi connectivity index (χ2v) is 4.71. The highest BCUT2D eigenvalue weighted by atomic mass is 14.2. The van der Waals surface area contributed by atoms with Gasteiger partial charge in [0.25, 0.3) is 0 Å². The number of hydrogen-bond donors (Lipinski definition) is 0. The van der Waals surface area contributed by atoms with Crippen molar-refractivity contribution in [1.82, 2.24) is 0 Å². The van der Waals surface area contributed by atoms with Crippen molar-refractivity contribution in [2.24, 2.45) is 11.8 Å². The fourth-order valence-electron chi connectivity index (χ4n) is 1.77. The molecule has 0 spiro atoms. The smallest absolute Gasteiger partial charge is 0.0240 e. The predicted molar refractivity (Wildman–Crippen MR) is 89.2 cm³/mol. The van der Waals surface area contributed by atoms with E-state index in [4.69, 9.17) is 0 Å². The van der Waals surface area contributed by atoms with Crippen molar-refractivity contribution in [3.05, 3.63) is 12.2 Å². The van der Waals surface area contributed by atoms with E-state index in [2.05, 4.69) is 34.3 Å². The molecule has 0 heterocycles. The van der Waals surface area contributed by atoms with Crippen molar-refractivity contribution < 1.29 is 0 Å². The van der Waals surface area contributed by atoms with Crippen LogP contribution in [0.1, 0.15) is 93.9 Å². The Kier molecular flexibility index (Phi) is 24.3. The minimum absolute atomic E-state index is 0.708. The van der Waals surface area contributed by atoms with Gasteiger partial charge < -0.3 is 0 Å². The van der Waals surface area contributed by atoms with Gasteiger partial charge in [0.1, 0.15) is 0 Å². The summed E-state index contributed by atoms with van der Waals surface area (Å²) in [5.74, 6) is 1.81. The molecule has 1 aliphatic carbocycles. The lowest BCUT2D eigenvalue weighted by molar-refractivity contribution is 0.531. The van der Waals surface area contributed by atoms with Crippen LogP contribution in [0.25, 0.3) is 0 Å². The van der Waals surface area contributed by atoms with E-state index in [1.807, 2.05) is 27.7 Å². The average Bonchev–Trinajstić information content (AvgIpc) is 2.96. The lowest BCUT2D eigenvalue weighted by Crippen LogP contribution is -1.89. The third-order valence-corrected chi connectivity index (χ3v) is 3.51. The van der Waals surface area contributed by atoms with Gasteiger partial charge in [-0.15, -0.1) is 0 Å². The van der Waals surface area contributed by atoms with Crippen LogP contribution in [0.4, 0.5) is 0 Å². The molecule has 1 rings (SSSR count). The first kappa shape index (κ1) is 22.9. The summed E-state index contributed by atoms with van der Waals surface area (Å²) in [5.41, 5.74) is 1.29. The van der Waals surface area contributed by atoms with Crippen molar-refractivity contribution in [2.75, 3.05) is 0 Å². The zero-order chi connectivity index (χ0) is 15.0. The van der Waals surface area contributed by atoms with Crippen LogP contribution < -0.4 is 0 Å². The van der Waals surface area contributed by atoms with Crippen LogP contribution in [0.3, 0.4) is 0 Å². The Balaban J connectivity index is -0.000000196. The molecular formula is C18H40. The zero-order valence-electron chi connectivity index (χ0n) is 14.6. The molecule has 1 atom stereocenters. The highest BCUT2D eigenvalue weighted by Gasteiger charge is 2.11. The van der Waals surface area contributed by atoms with Gasteiger partial charge in [-0.1, -0.05) is 92.7 Å². The molecular weight excluding hydrogens is 216 g/mol. The minimum Gasteiger partial charge on any atom is -0.0999 e. The van der Waals surface area contributed by atoms with E-state index in [1.54, 1.807) is 0 Å². The molecule has 1 unspecified atom stereocenters. The first-order valence-electron chi connectivity index (χ1n) is 8.27. The first-order valence-corrected chi connectivity index (χ1v) is 8.27. The van der Waals surface area contributed by atoms with Gasteiger partial charge in [0.15, 0.2) is 0 Å². The normalized spacial score (nSPS) is 15.1. The van der Waals surface area contributed by atoms with Gasteiger partial charge in [-0.3, -0.25) is 0 Å². The van der Waals surface area contributed by atoms with Crippen LogP contribution in [0.2, 0.25) is 0 Å². The fraction of sp³-hybridized carbons (Fsp3) is 0.889. The van der Waals surface area contributed by atoms with E-state index in [-0.39, 0.29) is 0 Å². The number of rotatable bonds is 3. The fourth-order valence-corrected chi connectivity index (χ4v) is 1.77. The molecule has 0 aliphatic heterocycles. The molecule has 18 heavy (non-hydrogen) atoms. The second kappa shape index (κ2) is 19.1. The Bertz CT molecular complexity index is 140. The third-order valence-electron chi connectivity index (χ3n) is 3.51. The van der Waals surface area contributed by atoms with E-state index in [1.165, 1.54) is 44.1 Å². The molecule has 0 heteroatoms. The van der Waals surface area contributed by atoms with Crippen molar-refractivity contribution in [1.29, 1.82) is 0 Å². The lowest BCUT2D eigenvalue weighted by Gasteiger charge is -2.04. The Morgan fingerprint density at radius 2 is 1.44 bits per heavy atom. The third kappa shape index (κ3) is 15.7. The molecule has 0 saturated heterocycles. The van der Waals surface area contributed by atoms with Gasteiger partial charge in [-0.2, -0.15) is 0 Å². The highest BCUT2D eigenvalue weighted by molar-refractivity contribution is 4.92. The van der Waals surface area contributed by atoms with Crippen molar-refractivity contribution in [2.45, 2.75) is 93.9 Å². The van der Waals surface area contributed by atoms with E-state index < -0.39 is 0 Å². The van der Waals surface area contributed by atoms with Crippen LogP contribution >= 0.6 is 0 Å². The zero-order valence-corrected chi connectivity index (χ0v) is 14.6. The van der Waals surface area contributed by atoms with Gasteiger partial charge >= 0.3 is 0 Å². The summed E-state index contributed by atoms with van der Waals surface area (Å²) in [6.07, 6.45) is 8.65. The quantitative estimate of drug-likeness (QED) is 0.466. The van der Waals surface area contributed by atoms with Crippen molar-refractivity contribution >= 4 is 0 Å². The van der Waals surface area contributed by atoms with E-state index in [0.717, 1.165) is 5.92 Å². The van der Waals surface area contributed by atoms with Crippen molar-refractivity contribution in [3.63, 3.8) is 0 Å².